The van der Waals surface area contributed by atoms with Gasteiger partial charge in [-0.05, 0) is 31.2 Å². The molecular formula is C18H18N4O2. The number of anilines is 1. The monoisotopic (exact) mass is 322 g/mol. The molecule has 0 unspecified atom stereocenters. The maximum absolute atomic E-state index is 12.5. The lowest BCUT2D eigenvalue weighted by Crippen LogP contribution is -2.16. The van der Waals surface area contributed by atoms with Crippen LogP contribution in [-0.4, -0.2) is 28.0 Å². The molecular weight excluding hydrogens is 304 g/mol. The molecule has 0 aliphatic rings. The largest absolute Gasteiger partial charge is 0.378 e. The molecule has 2 aromatic carbocycles. The molecule has 0 saturated heterocycles. The summed E-state index contributed by atoms with van der Waals surface area (Å²) in [5.41, 5.74) is 3.54. The Labute approximate surface area is 140 Å². The summed E-state index contributed by atoms with van der Waals surface area (Å²) < 4.78 is 6.86. The lowest BCUT2D eigenvalue weighted by Gasteiger charge is -2.08. The van der Waals surface area contributed by atoms with E-state index in [1.54, 1.807) is 11.8 Å². The molecule has 1 aromatic heterocycles. The zero-order valence-electron chi connectivity index (χ0n) is 13.6. The van der Waals surface area contributed by atoms with Gasteiger partial charge >= 0.3 is 0 Å². The van der Waals surface area contributed by atoms with E-state index in [4.69, 9.17) is 4.74 Å². The first-order chi connectivity index (χ1) is 11.7. The number of amides is 1. The third-order valence-electron chi connectivity index (χ3n) is 3.57. The molecule has 0 radical (unpaired) electrons. The van der Waals surface area contributed by atoms with Crippen LogP contribution in [0.15, 0.2) is 54.6 Å². The number of methoxy groups -OCH3 is 1. The van der Waals surface area contributed by atoms with Crippen LogP contribution in [0.1, 0.15) is 21.7 Å². The predicted octanol–water partition coefficient (Wildman–Crippen LogP) is 2.97. The van der Waals surface area contributed by atoms with E-state index in [1.165, 1.54) is 0 Å². The number of nitrogens with zero attached hydrogens (tertiary/aromatic N) is 3. The van der Waals surface area contributed by atoms with Crippen LogP contribution in [0, 0.1) is 6.92 Å². The number of benzene rings is 2. The van der Waals surface area contributed by atoms with Crippen LogP contribution in [0.4, 0.5) is 5.69 Å². The molecule has 3 rings (SSSR count). The average molecular weight is 322 g/mol. The smallest absolute Gasteiger partial charge is 0.278 e. The SMILES string of the molecule is COCc1c(C(=O)Nc2ccccc2)nnn1-c1ccc(C)cc1. The van der Waals surface area contributed by atoms with Gasteiger partial charge in [-0.3, -0.25) is 4.79 Å². The summed E-state index contributed by atoms with van der Waals surface area (Å²) in [4.78, 5) is 12.5. The van der Waals surface area contributed by atoms with E-state index in [-0.39, 0.29) is 18.2 Å². The molecule has 0 bridgehead atoms. The number of para-hydroxylation sites is 1. The average Bonchev–Trinajstić information content (AvgIpc) is 3.01. The van der Waals surface area contributed by atoms with Crippen LogP contribution in [0.5, 0.6) is 0 Å². The molecule has 1 N–H and O–H groups in total. The Morgan fingerprint density at radius 2 is 1.83 bits per heavy atom. The summed E-state index contributed by atoms with van der Waals surface area (Å²) >= 11 is 0. The molecule has 1 amide bonds. The van der Waals surface area contributed by atoms with E-state index >= 15 is 0 Å². The van der Waals surface area contributed by atoms with Gasteiger partial charge < -0.3 is 10.1 Å². The lowest BCUT2D eigenvalue weighted by atomic mass is 10.2. The van der Waals surface area contributed by atoms with E-state index in [1.807, 2.05) is 61.5 Å². The molecule has 0 aliphatic carbocycles. The molecule has 0 fully saturated rings. The minimum absolute atomic E-state index is 0.235. The summed E-state index contributed by atoms with van der Waals surface area (Å²) in [6, 6.07) is 17.1. The third-order valence-corrected chi connectivity index (χ3v) is 3.57. The number of hydrogen-bond acceptors (Lipinski definition) is 4. The van der Waals surface area contributed by atoms with Crippen LogP contribution in [-0.2, 0) is 11.3 Å². The quantitative estimate of drug-likeness (QED) is 0.784. The van der Waals surface area contributed by atoms with E-state index < -0.39 is 0 Å². The first-order valence-corrected chi connectivity index (χ1v) is 7.56. The maximum atomic E-state index is 12.5. The first-order valence-electron chi connectivity index (χ1n) is 7.56. The number of hydrogen-bond donors (Lipinski definition) is 1. The van der Waals surface area contributed by atoms with E-state index in [0.29, 0.717) is 11.4 Å². The van der Waals surface area contributed by atoms with Crippen LogP contribution >= 0.6 is 0 Å². The Morgan fingerprint density at radius 1 is 1.12 bits per heavy atom. The Morgan fingerprint density at radius 3 is 2.50 bits per heavy atom. The fraction of sp³-hybridized carbons (Fsp3) is 0.167. The van der Waals surface area contributed by atoms with Crippen molar-refractivity contribution in [2.24, 2.45) is 0 Å². The summed E-state index contributed by atoms with van der Waals surface area (Å²) in [7, 11) is 1.57. The number of aryl methyl sites for hydroxylation is 1. The summed E-state index contributed by atoms with van der Waals surface area (Å²) in [5, 5.41) is 11.0. The molecule has 24 heavy (non-hydrogen) atoms. The topological polar surface area (TPSA) is 69.0 Å². The highest BCUT2D eigenvalue weighted by Crippen LogP contribution is 2.16. The molecule has 0 atom stereocenters. The zero-order chi connectivity index (χ0) is 16.9. The van der Waals surface area contributed by atoms with Crippen molar-refractivity contribution >= 4 is 11.6 Å². The van der Waals surface area contributed by atoms with Crippen molar-refractivity contribution in [1.29, 1.82) is 0 Å². The van der Waals surface area contributed by atoms with Gasteiger partial charge in [-0.1, -0.05) is 41.1 Å². The van der Waals surface area contributed by atoms with Crippen molar-refractivity contribution in [2.75, 3.05) is 12.4 Å². The second-order valence-electron chi connectivity index (χ2n) is 5.39. The molecule has 3 aromatic rings. The Bertz CT molecular complexity index is 826. The highest BCUT2D eigenvalue weighted by atomic mass is 16.5. The number of carbonyl (C=O) groups excluding carboxylic acids is 1. The van der Waals surface area contributed by atoms with Gasteiger partial charge in [0.25, 0.3) is 5.91 Å². The van der Waals surface area contributed by atoms with Crippen molar-refractivity contribution < 1.29 is 9.53 Å². The Kier molecular flexibility index (Phi) is 4.67. The van der Waals surface area contributed by atoms with E-state index in [2.05, 4.69) is 15.6 Å². The fourth-order valence-electron chi connectivity index (χ4n) is 2.35. The van der Waals surface area contributed by atoms with Gasteiger partial charge in [-0.2, -0.15) is 0 Å². The van der Waals surface area contributed by atoms with Crippen molar-refractivity contribution in [3.63, 3.8) is 0 Å². The molecule has 0 spiro atoms. The highest BCUT2D eigenvalue weighted by Gasteiger charge is 2.20. The second kappa shape index (κ2) is 7.06. The van der Waals surface area contributed by atoms with Gasteiger partial charge in [-0.15, -0.1) is 5.10 Å². The van der Waals surface area contributed by atoms with Gasteiger partial charge in [0.05, 0.1) is 12.3 Å². The number of nitrogens with one attached hydrogen (secondary N) is 1. The van der Waals surface area contributed by atoms with Crippen LogP contribution in [0.2, 0.25) is 0 Å². The van der Waals surface area contributed by atoms with Crippen molar-refractivity contribution in [1.82, 2.24) is 15.0 Å². The highest BCUT2D eigenvalue weighted by molar-refractivity contribution is 6.03. The molecule has 0 saturated carbocycles. The summed E-state index contributed by atoms with van der Waals surface area (Å²) in [6.07, 6.45) is 0. The normalized spacial score (nSPS) is 10.6. The second-order valence-corrected chi connectivity index (χ2v) is 5.39. The van der Waals surface area contributed by atoms with Crippen molar-refractivity contribution in [3.8, 4) is 5.69 Å². The Balaban J connectivity index is 1.93. The molecule has 6 heteroatoms. The third kappa shape index (κ3) is 3.33. The van der Waals surface area contributed by atoms with E-state index in [9.17, 15) is 4.79 Å². The van der Waals surface area contributed by atoms with E-state index in [0.717, 1.165) is 11.3 Å². The maximum Gasteiger partial charge on any atom is 0.278 e. The zero-order valence-corrected chi connectivity index (χ0v) is 13.6. The van der Waals surface area contributed by atoms with Crippen LogP contribution < -0.4 is 5.32 Å². The van der Waals surface area contributed by atoms with Gasteiger partial charge in [0.1, 0.15) is 5.69 Å². The Hall–Kier alpha value is -2.99. The number of ether oxygens (including phenoxy) is 1. The van der Waals surface area contributed by atoms with Gasteiger partial charge in [0.15, 0.2) is 5.69 Å². The number of rotatable bonds is 5. The summed E-state index contributed by atoms with van der Waals surface area (Å²) in [5.74, 6) is -0.313. The van der Waals surface area contributed by atoms with Crippen LogP contribution in [0.25, 0.3) is 5.69 Å². The van der Waals surface area contributed by atoms with Crippen LogP contribution in [0.3, 0.4) is 0 Å². The predicted molar refractivity (Wildman–Crippen MR) is 91.2 cm³/mol. The lowest BCUT2D eigenvalue weighted by molar-refractivity contribution is 0.101. The minimum atomic E-state index is -0.313. The summed E-state index contributed by atoms with van der Waals surface area (Å²) in [6.45, 7) is 2.25. The number of carbonyl (C=O) groups is 1. The minimum Gasteiger partial charge on any atom is -0.378 e. The standard InChI is InChI=1S/C18H18N4O2/c1-13-8-10-15(11-9-13)22-16(12-24-2)17(20-21-22)18(23)19-14-6-4-3-5-7-14/h3-11H,12H2,1-2H3,(H,19,23). The first kappa shape index (κ1) is 15.9. The van der Waals surface area contributed by atoms with Crippen molar-refractivity contribution in [2.45, 2.75) is 13.5 Å². The molecule has 122 valence electrons. The van der Waals surface area contributed by atoms with Gasteiger partial charge in [0.2, 0.25) is 0 Å². The number of aromatic nitrogens is 3. The van der Waals surface area contributed by atoms with Gasteiger partial charge in [0, 0.05) is 12.8 Å². The molecule has 1 heterocycles. The van der Waals surface area contributed by atoms with Gasteiger partial charge in [-0.25, -0.2) is 4.68 Å². The van der Waals surface area contributed by atoms with Crippen molar-refractivity contribution in [3.05, 3.63) is 71.5 Å². The molecule has 0 aliphatic heterocycles. The molecule has 6 nitrogen and oxygen atoms in total. The fourth-order valence-corrected chi connectivity index (χ4v) is 2.35.